The Balaban J connectivity index is 2.14. The van der Waals surface area contributed by atoms with Crippen LogP contribution in [0.1, 0.15) is 68.8 Å². The largest absolute Gasteiger partial charge is 0.294 e. The fourth-order valence-corrected chi connectivity index (χ4v) is 2.71. The van der Waals surface area contributed by atoms with Gasteiger partial charge in [0, 0.05) is 11.5 Å². The summed E-state index contributed by atoms with van der Waals surface area (Å²) in [5.41, 5.74) is 2.43. The summed E-state index contributed by atoms with van der Waals surface area (Å²) >= 11 is 0. The lowest BCUT2D eigenvalue weighted by atomic mass is 9.81. The van der Waals surface area contributed by atoms with E-state index < -0.39 is 0 Å². The average Bonchev–Trinajstić information content (AvgIpc) is 2.92. The Hall–Kier alpha value is -1.11. The monoisotopic (exact) mass is 244 g/mol. The molecule has 0 unspecified atom stereocenters. The molecule has 1 aromatic rings. The Morgan fingerprint density at radius 2 is 1.72 bits per heavy atom. The van der Waals surface area contributed by atoms with Crippen LogP contribution in [0, 0.1) is 5.92 Å². The molecule has 0 atom stereocenters. The predicted octanol–water partition coefficient (Wildman–Crippen LogP) is 4.75. The lowest BCUT2D eigenvalue weighted by Crippen LogP contribution is -2.16. The molecular formula is C17H24O. The van der Waals surface area contributed by atoms with Crippen molar-refractivity contribution in [2.24, 2.45) is 5.92 Å². The van der Waals surface area contributed by atoms with E-state index in [1.54, 1.807) is 0 Å². The molecule has 1 saturated carbocycles. The third kappa shape index (κ3) is 2.66. The van der Waals surface area contributed by atoms with Gasteiger partial charge in [0.2, 0.25) is 0 Å². The minimum atomic E-state index is 0.203. The van der Waals surface area contributed by atoms with E-state index >= 15 is 0 Å². The molecule has 0 aliphatic heterocycles. The van der Waals surface area contributed by atoms with Crippen LogP contribution in [0.2, 0.25) is 0 Å². The third-order valence-corrected chi connectivity index (χ3v) is 4.56. The molecule has 0 N–H and O–H groups in total. The van der Waals surface area contributed by atoms with Gasteiger partial charge in [0.05, 0.1) is 0 Å². The Morgan fingerprint density at radius 3 is 2.22 bits per heavy atom. The van der Waals surface area contributed by atoms with Gasteiger partial charge in [0.25, 0.3) is 0 Å². The highest BCUT2D eigenvalue weighted by Crippen LogP contribution is 2.30. The van der Waals surface area contributed by atoms with Crippen LogP contribution in [0.4, 0.5) is 0 Å². The van der Waals surface area contributed by atoms with Crippen LogP contribution in [0.15, 0.2) is 24.3 Å². The van der Waals surface area contributed by atoms with E-state index in [1.165, 1.54) is 18.4 Å². The minimum absolute atomic E-state index is 0.203. The summed E-state index contributed by atoms with van der Waals surface area (Å²) in [7, 11) is 0. The van der Waals surface area contributed by atoms with Crippen molar-refractivity contribution in [3.05, 3.63) is 35.4 Å². The van der Waals surface area contributed by atoms with Crippen LogP contribution in [0.3, 0.4) is 0 Å². The zero-order valence-electron chi connectivity index (χ0n) is 11.8. The number of hydrogen-bond donors (Lipinski definition) is 0. The number of carbonyl (C=O) groups is 1. The van der Waals surface area contributed by atoms with Crippen LogP contribution >= 0.6 is 0 Å². The molecule has 1 nitrogen and oxygen atoms in total. The fourth-order valence-electron chi connectivity index (χ4n) is 2.71. The van der Waals surface area contributed by atoms with Crippen molar-refractivity contribution < 1.29 is 4.79 Å². The zero-order chi connectivity index (χ0) is 13.2. The first kappa shape index (κ1) is 13.3. The Bertz CT molecular complexity index is 408. The van der Waals surface area contributed by atoms with Gasteiger partial charge in [-0.05, 0) is 30.2 Å². The van der Waals surface area contributed by atoms with E-state index in [0.29, 0.717) is 5.78 Å². The quantitative estimate of drug-likeness (QED) is 0.699. The second-order valence-electron chi connectivity index (χ2n) is 6.16. The summed E-state index contributed by atoms with van der Waals surface area (Å²) in [4.78, 5) is 12.3. The molecule has 0 aromatic heterocycles. The highest BCUT2D eigenvalue weighted by atomic mass is 16.1. The summed E-state index contributed by atoms with van der Waals surface area (Å²) < 4.78 is 0. The zero-order valence-corrected chi connectivity index (χ0v) is 11.8. The number of rotatable bonds is 4. The third-order valence-electron chi connectivity index (χ3n) is 4.56. The Labute approximate surface area is 111 Å². The molecule has 1 fully saturated rings. The second kappa shape index (κ2) is 5.26. The van der Waals surface area contributed by atoms with Crippen molar-refractivity contribution in [3.63, 3.8) is 0 Å². The Kier molecular flexibility index (Phi) is 3.89. The van der Waals surface area contributed by atoms with Crippen LogP contribution < -0.4 is 0 Å². The molecule has 1 aliphatic rings. The fraction of sp³-hybridized carbons (Fsp3) is 0.588. The average molecular weight is 244 g/mol. The SMILES string of the molecule is CCC(C)(C)c1ccc(C(=O)C2CCCC2)cc1. The van der Waals surface area contributed by atoms with Gasteiger partial charge in [0.15, 0.2) is 5.78 Å². The summed E-state index contributed by atoms with van der Waals surface area (Å²) in [5, 5.41) is 0. The molecule has 1 aliphatic carbocycles. The van der Waals surface area contributed by atoms with Gasteiger partial charge in [-0.3, -0.25) is 4.79 Å². The van der Waals surface area contributed by atoms with Crippen molar-refractivity contribution in [2.75, 3.05) is 0 Å². The van der Waals surface area contributed by atoms with Gasteiger partial charge in [-0.1, -0.05) is 57.9 Å². The standard InChI is InChI=1S/C17H24O/c1-4-17(2,3)15-11-9-14(10-12-15)16(18)13-7-5-6-8-13/h9-13H,4-8H2,1-3H3. The molecule has 1 heteroatoms. The molecule has 98 valence electrons. The van der Waals surface area contributed by atoms with E-state index in [0.717, 1.165) is 24.8 Å². The maximum absolute atomic E-state index is 12.3. The summed E-state index contributed by atoms with van der Waals surface area (Å²) in [5.74, 6) is 0.642. The molecular weight excluding hydrogens is 220 g/mol. The van der Waals surface area contributed by atoms with E-state index in [1.807, 2.05) is 12.1 Å². The topological polar surface area (TPSA) is 17.1 Å². The molecule has 0 heterocycles. The number of benzene rings is 1. The minimum Gasteiger partial charge on any atom is -0.294 e. The maximum atomic E-state index is 12.3. The van der Waals surface area contributed by atoms with E-state index in [4.69, 9.17) is 0 Å². The van der Waals surface area contributed by atoms with Crippen molar-refractivity contribution in [3.8, 4) is 0 Å². The number of hydrogen-bond acceptors (Lipinski definition) is 1. The second-order valence-corrected chi connectivity index (χ2v) is 6.16. The summed E-state index contributed by atoms with van der Waals surface area (Å²) in [6.07, 6.45) is 5.72. The van der Waals surface area contributed by atoms with Gasteiger partial charge >= 0.3 is 0 Å². The highest BCUT2D eigenvalue weighted by Gasteiger charge is 2.24. The lowest BCUT2D eigenvalue weighted by molar-refractivity contribution is 0.0923. The summed E-state index contributed by atoms with van der Waals surface area (Å²) in [6.45, 7) is 6.71. The first-order valence-electron chi connectivity index (χ1n) is 7.19. The molecule has 0 bridgehead atoms. The Morgan fingerprint density at radius 1 is 1.17 bits per heavy atom. The van der Waals surface area contributed by atoms with Gasteiger partial charge in [-0.25, -0.2) is 0 Å². The maximum Gasteiger partial charge on any atom is 0.165 e. The lowest BCUT2D eigenvalue weighted by Gasteiger charge is -2.23. The molecule has 18 heavy (non-hydrogen) atoms. The smallest absolute Gasteiger partial charge is 0.165 e. The first-order valence-corrected chi connectivity index (χ1v) is 7.19. The number of Topliss-reactive ketones (excluding diaryl/α,β-unsaturated/α-hetero) is 1. The van der Waals surface area contributed by atoms with Gasteiger partial charge in [-0.2, -0.15) is 0 Å². The molecule has 0 amide bonds. The van der Waals surface area contributed by atoms with E-state index in [-0.39, 0.29) is 11.3 Å². The van der Waals surface area contributed by atoms with Gasteiger partial charge < -0.3 is 0 Å². The predicted molar refractivity (Wildman–Crippen MR) is 76.0 cm³/mol. The molecule has 0 saturated heterocycles. The van der Waals surface area contributed by atoms with E-state index in [9.17, 15) is 4.79 Å². The van der Waals surface area contributed by atoms with Gasteiger partial charge in [-0.15, -0.1) is 0 Å². The van der Waals surface area contributed by atoms with Crippen molar-refractivity contribution in [1.29, 1.82) is 0 Å². The van der Waals surface area contributed by atoms with Crippen molar-refractivity contribution >= 4 is 5.78 Å². The number of ketones is 1. The molecule has 0 radical (unpaired) electrons. The van der Waals surface area contributed by atoms with Crippen LogP contribution in [-0.2, 0) is 5.41 Å². The number of carbonyl (C=O) groups excluding carboxylic acids is 1. The van der Waals surface area contributed by atoms with Crippen molar-refractivity contribution in [2.45, 2.75) is 58.3 Å². The van der Waals surface area contributed by atoms with Gasteiger partial charge in [0.1, 0.15) is 0 Å². The normalized spacial score (nSPS) is 17.1. The van der Waals surface area contributed by atoms with E-state index in [2.05, 4.69) is 32.9 Å². The van der Waals surface area contributed by atoms with Crippen LogP contribution in [0.5, 0.6) is 0 Å². The van der Waals surface area contributed by atoms with Crippen molar-refractivity contribution in [1.82, 2.24) is 0 Å². The highest BCUT2D eigenvalue weighted by molar-refractivity contribution is 5.98. The molecule has 2 rings (SSSR count). The first-order chi connectivity index (χ1) is 8.54. The molecule has 0 spiro atoms. The van der Waals surface area contributed by atoms with Crippen LogP contribution in [-0.4, -0.2) is 5.78 Å². The summed E-state index contributed by atoms with van der Waals surface area (Å²) in [6, 6.07) is 8.30. The van der Waals surface area contributed by atoms with Crippen LogP contribution in [0.25, 0.3) is 0 Å². The molecule has 1 aromatic carbocycles.